The summed E-state index contributed by atoms with van der Waals surface area (Å²) in [6, 6.07) is 11.3. The van der Waals surface area contributed by atoms with Crippen molar-refractivity contribution in [3.63, 3.8) is 0 Å². The fourth-order valence-corrected chi connectivity index (χ4v) is 2.33. The van der Waals surface area contributed by atoms with Gasteiger partial charge in [0, 0.05) is 16.8 Å². The van der Waals surface area contributed by atoms with Crippen LogP contribution >= 0.6 is 11.6 Å². The minimum atomic E-state index is -0.408. The second-order valence-electron chi connectivity index (χ2n) is 4.48. The molecule has 3 rings (SSSR count). The number of benzene rings is 2. The average molecular weight is 289 g/mol. The van der Waals surface area contributed by atoms with Crippen LogP contribution in [0, 0.1) is 5.82 Å². The predicted molar refractivity (Wildman–Crippen MR) is 75.7 cm³/mol. The molecule has 0 amide bonds. The Morgan fingerprint density at radius 3 is 2.85 bits per heavy atom. The van der Waals surface area contributed by atoms with E-state index >= 15 is 0 Å². The highest BCUT2D eigenvalue weighted by Gasteiger charge is 2.15. The van der Waals surface area contributed by atoms with Crippen molar-refractivity contribution < 1.29 is 13.6 Å². The van der Waals surface area contributed by atoms with Gasteiger partial charge in [-0.15, -0.1) is 0 Å². The molecule has 0 saturated carbocycles. The molecule has 0 aliphatic carbocycles. The lowest BCUT2D eigenvalue weighted by Gasteiger charge is -2.03. The summed E-state index contributed by atoms with van der Waals surface area (Å²) < 4.78 is 18.5. The van der Waals surface area contributed by atoms with Crippen LogP contribution in [-0.2, 0) is 6.42 Å². The zero-order chi connectivity index (χ0) is 14.1. The average Bonchev–Trinajstić information content (AvgIpc) is 2.87. The van der Waals surface area contributed by atoms with Gasteiger partial charge in [0.1, 0.15) is 17.7 Å². The summed E-state index contributed by atoms with van der Waals surface area (Å²) in [5.74, 6) is -0.559. The molecule has 0 bridgehead atoms. The molecule has 0 fully saturated rings. The Morgan fingerprint density at radius 1 is 1.20 bits per heavy atom. The first-order valence-corrected chi connectivity index (χ1v) is 6.46. The van der Waals surface area contributed by atoms with Crippen molar-refractivity contribution in [2.45, 2.75) is 6.42 Å². The standard InChI is InChI=1S/C16H10ClFO2/c17-14-6-5-11(18)7-10(14)8-15(19)13-9-20-16-4-2-1-3-12(13)16/h1-7,9H,8H2. The molecule has 2 nitrogen and oxygen atoms in total. The third-order valence-electron chi connectivity index (χ3n) is 3.14. The number of ketones is 1. The first-order valence-electron chi connectivity index (χ1n) is 6.08. The van der Waals surface area contributed by atoms with Crippen LogP contribution in [0.4, 0.5) is 4.39 Å². The number of carbonyl (C=O) groups is 1. The maximum Gasteiger partial charge on any atom is 0.171 e. The van der Waals surface area contributed by atoms with E-state index in [1.165, 1.54) is 24.5 Å². The lowest BCUT2D eigenvalue weighted by Crippen LogP contribution is -2.03. The van der Waals surface area contributed by atoms with Crippen LogP contribution in [0.2, 0.25) is 5.02 Å². The molecular formula is C16H10ClFO2. The highest BCUT2D eigenvalue weighted by molar-refractivity contribution is 6.31. The topological polar surface area (TPSA) is 30.2 Å². The largest absolute Gasteiger partial charge is 0.464 e. The SMILES string of the molecule is O=C(Cc1cc(F)ccc1Cl)c1coc2ccccc12. The van der Waals surface area contributed by atoms with Gasteiger partial charge in [0.05, 0.1) is 5.56 Å². The molecule has 0 saturated heterocycles. The van der Waals surface area contributed by atoms with Crippen LogP contribution in [0.25, 0.3) is 11.0 Å². The minimum Gasteiger partial charge on any atom is -0.464 e. The summed E-state index contributed by atoms with van der Waals surface area (Å²) >= 11 is 5.98. The monoisotopic (exact) mass is 288 g/mol. The van der Waals surface area contributed by atoms with Gasteiger partial charge in [-0.05, 0) is 29.8 Å². The quantitative estimate of drug-likeness (QED) is 0.657. The number of hydrogen-bond donors (Lipinski definition) is 0. The number of hydrogen-bond acceptors (Lipinski definition) is 2. The van der Waals surface area contributed by atoms with Crippen LogP contribution in [0.1, 0.15) is 15.9 Å². The van der Waals surface area contributed by atoms with Gasteiger partial charge in [0.25, 0.3) is 0 Å². The van der Waals surface area contributed by atoms with Gasteiger partial charge in [0.15, 0.2) is 5.78 Å². The zero-order valence-corrected chi connectivity index (χ0v) is 11.2. The third kappa shape index (κ3) is 2.32. The van der Waals surface area contributed by atoms with Crippen molar-refractivity contribution in [1.29, 1.82) is 0 Å². The van der Waals surface area contributed by atoms with Crippen LogP contribution in [0.5, 0.6) is 0 Å². The molecule has 2 aromatic carbocycles. The minimum absolute atomic E-state index is 0.0418. The van der Waals surface area contributed by atoms with Crippen molar-refractivity contribution in [2.75, 3.05) is 0 Å². The summed E-state index contributed by atoms with van der Waals surface area (Å²) in [7, 11) is 0. The summed E-state index contributed by atoms with van der Waals surface area (Å²) in [5, 5.41) is 1.14. The van der Waals surface area contributed by atoms with E-state index in [9.17, 15) is 9.18 Å². The zero-order valence-electron chi connectivity index (χ0n) is 10.4. The fraction of sp³-hybridized carbons (Fsp3) is 0.0625. The number of Topliss-reactive ketones (excluding diaryl/α,β-unsaturated/α-hetero) is 1. The van der Waals surface area contributed by atoms with E-state index in [0.717, 1.165) is 5.39 Å². The van der Waals surface area contributed by atoms with Crippen molar-refractivity contribution in [1.82, 2.24) is 0 Å². The summed E-state index contributed by atoms with van der Waals surface area (Å²) in [4.78, 5) is 12.3. The molecule has 1 heterocycles. The van der Waals surface area contributed by atoms with Gasteiger partial charge < -0.3 is 4.42 Å². The molecular weight excluding hydrogens is 279 g/mol. The first kappa shape index (κ1) is 12.9. The molecule has 0 unspecified atom stereocenters. The van der Waals surface area contributed by atoms with Gasteiger partial charge in [-0.3, -0.25) is 4.79 Å². The Hall–Kier alpha value is -2.13. The number of para-hydroxylation sites is 1. The van der Waals surface area contributed by atoms with Gasteiger partial charge in [0.2, 0.25) is 0 Å². The van der Waals surface area contributed by atoms with Crippen LogP contribution < -0.4 is 0 Å². The van der Waals surface area contributed by atoms with Crippen molar-refractivity contribution >= 4 is 28.4 Å². The highest BCUT2D eigenvalue weighted by atomic mass is 35.5. The molecule has 0 N–H and O–H groups in total. The van der Waals surface area contributed by atoms with Crippen LogP contribution in [0.3, 0.4) is 0 Å². The van der Waals surface area contributed by atoms with E-state index in [1.54, 1.807) is 6.07 Å². The molecule has 20 heavy (non-hydrogen) atoms. The lowest BCUT2D eigenvalue weighted by molar-refractivity contribution is 0.0993. The summed E-state index contributed by atoms with van der Waals surface area (Å²) in [5.41, 5.74) is 1.61. The molecule has 0 spiro atoms. The van der Waals surface area contributed by atoms with Gasteiger partial charge >= 0.3 is 0 Å². The Kier molecular flexibility index (Phi) is 3.28. The first-order chi connectivity index (χ1) is 9.65. The third-order valence-corrected chi connectivity index (χ3v) is 3.51. The maximum atomic E-state index is 13.2. The van der Waals surface area contributed by atoms with E-state index in [0.29, 0.717) is 21.7 Å². The van der Waals surface area contributed by atoms with Gasteiger partial charge in [-0.2, -0.15) is 0 Å². The van der Waals surface area contributed by atoms with E-state index in [4.69, 9.17) is 16.0 Å². The molecule has 0 radical (unpaired) electrons. The number of furan rings is 1. The lowest BCUT2D eigenvalue weighted by atomic mass is 10.0. The molecule has 4 heteroatoms. The number of fused-ring (bicyclic) bond motifs is 1. The fourth-order valence-electron chi connectivity index (χ4n) is 2.14. The van der Waals surface area contributed by atoms with Crippen molar-refractivity contribution in [3.05, 3.63) is 70.7 Å². The number of carbonyl (C=O) groups excluding carboxylic acids is 1. The molecule has 3 aromatic rings. The van der Waals surface area contributed by atoms with Crippen molar-refractivity contribution in [3.8, 4) is 0 Å². The Labute approximate surface area is 119 Å². The second-order valence-corrected chi connectivity index (χ2v) is 4.89. The van der Waals surface area contributed by atoms with Gasteiger partial charge in [-0.25, -0.2) is 4.39 Å². The number of halogens is 2. The Bertz CT molecular complexity index is 792. The van der Waals surface area contributed by atoms with E-state index < -0.39 is 5.82 Å². The molecule has 0 aliphatic heterocycles. The van der Waals surface area contributed by atoms with E-state index in [-0.39, 0.29) is 12.2 Å². The Balaban J connectivity index is 1.95. The normalized spacial score (nSPS) is 10.9. The maximum absolute atomic E-state index is 13.2. The van der Waals surface area contributed by atoms with E-state index in [2.05, 4.69) is 0 Å². The summed E-state index contributed by atoms with van der Waals surface area (Å²) in [6.07, 6.45) is 1.47. The Morgan fingerprint density at radius 2 is 2.00 bits per heavy atom. The predicted octanol–water partition coefficient (Wildman–Crippen LogP) is 4.65. The van der Waals surface area contributed by atoms with E-state index in [1.807, 2.05) is 18.2 Å². The molecule has 0 aliphatic rings. The second kappa shape index (κ2) is 5.10. The van der Waals surface area contributed by atoms with Crippen LogP contribution in [-0.4, -0.2) is 5.78 Å². The molecule has 0 atom stereocenters. The smallest absolute Gasteiger partial charge is 0.171 e. The van der Waals surface area contributed by atoms with Crippen molar-refractivity contribution in [2.24, 2.45) is 0 Å². The number of rotatable bonds is 3. The van der Waals surface area contributed by atoms with Gasteiger partial charge in [-0.1, -0.05) is 29.8 Å². The summed E-state index contributed by atoms with van der Waals surface area (Å²) in [6.45, 7) is 0. The highest BCUT2D eigenvalue weighted by Crippen LogP contribution is 2.24. The molecule has 1 aromatic heterocycles. The van der Waals surface area contributed by atoms with Crippen LogP contribution in [0.15, 0.2) is 53.1 Å². The molecule has 100 valence electrons.